The lowest BCUT2D eigenvalue weighted by Crippen LogP contribution is -2.30. The number of carbonyl (C=O) groups is 4. The van der Waals surface area contributed by atoms with E-state index in [1.54, 1.807) is 0 Å². The average molecular weight is 1580 g/mol. The van der Waals surface area contributed by atoms with Crippen LogP contribution in [-0.4, -0.2) is 96.7 Å². The number of carbonyl (C=O) groups excluding carboxylic acids is 4. The molecular formula is C91H152O17P2. The number of unbranched alkanes of at least 4 members (excludes halogenated alkanes) is 27. The summed E-state index contributed by atoms with van der Waals surface area (Å²) in [5, 5.41) is 10.7. The second-order valence-electron chi connectivity index (χ2n) is 28.0. The van der Waals surface area contributed by atoms with Crippen molar-refractivity contribution in [3.05, 3.63) is 158 Å². The predicted molar refractivity (Wildman–Crippen MR) is 454 cm³/mol. The summed E-state index contributed by atoms with van der Waals surface area (Å²) in [6.45, 7) is 4.49. The van der Waals surface area contributed by atoms with Gasteiger partial charge in [0, 0.05) is 25.7 Å². The quantitative estimate of drug-likeness (QED) is 0.0169. The maximum atomic E-state index is 13.2. The van der Waals surface area contributed by atoms with Crippen molar-refractivity contribution in [2.75, 3.05) is 39.6 Å². The normalized spacial score (nSPS) is 14.6. The number of allylic oxidation sites excluding steroid dienone is 26. The molecule has 0 saturated heterocycles. The zero-order chi connectivity index (χ0) is 80.3. The minimum atomic E-state index is -5.00. The maximum Gasteiger partial charge on any atom is 0.472 e. The molecule has 0 aliphatic heterocycles. The number of phosphoric acid groups is 2. The second-order valence-corrected chi connectivity index (χ2v) is 30.9. The summed E-state index contributed by atoms with van der Waals surface area (Å²) in [6.07, 6.45) is 96.2. The fourth-order valence-electron chi connectivity index (χ4n) is 11.1. The van der Waals surface area contributed by atoms with Crippen LogP contribution in [0.15, 0.2) is 158 Å². The summed E-state index contributed by atoms with van der Waals surface area (Å²) >= 11 is 0. The van der Waals surface area contributed by atoms with Gasteiger partial charge in [-0.15, -0.1) is 0 Å². The van der Waals surface area contributed by atoms with Crippen LogP contribution in [-0.2, 0) is 65.4 Å². The molecule has 3 N–H and O–H groups in total. The molecule has 17 nitrogen and oxygen atoms in total. The van der Waals surface area contributed by atoms with Crippen molar-refractivity contribution in [1.29, 1.82) is 0 Å². The minimum Gasteiger partial charge on any atom is -0.462 e. The average Bonchev–Trinajstić information content (AvgIpc) is 0.900. The monoisotopic (exact) mass is 1580 g/mol. The molecule has 0 heterocycles. The Hall–Kier alpha value is -5.32. The Morgan fingerprint density at radius 3 is 0.736 bits per heavy atom. The number of phosphoric ester groups is 2. The van der Waals surface area contributed by atoms with Gasteiger partial charge < -0.3 is 33.8 Å². The first-order chi connectivity index (χ1) is 53.7. The summed E-state index contributed by atoms with van der Waals surface area (Å²) in [7, 11) is -9.99. The number of rotatable bonds is 79. The minimum absolute atomic E-state index is 0.0699. The summed E-state index contributed by atoms with van der Waals surface area (Å²) in [6, 6.07) is 0. The van der Waals surface area contributed by atoms with Gasteiger partial charge in [0.15, 0.2) is 12.2 Å². The number of aliphatic hydroxyl groups excluding tert-OH is 1. The summed E-state index contributed by atoms with van der Waals surface area (Å²) < 4.78 is 68.8. The van der Waals surface area contributed by atoms with Gasteiger partial charge in [-0.2, -0.15) is 0 Å². The van der Waals surface area contributed by atoms with Crippen molar-refractivity contribution in [2.24, 2.45) is 0 Å². The van der Waals surface area contributed by atoms with Gasteiger partial charge in [-0.1, -0.05) is 301 Å². The number of hydrogen-bond donors (Lipinski definition) is 3. The Kier molecular flexibility index (Phi) is 77.7. The number of esters is 4. The highest BCUT2D eigenvalue weighted by Crippen LogP contribution is 2.45. The summed E-state index contributed by atoms with van der Waals surface area (Å²) in [5.74, 6) is -2.24. The molecule has 0 aliphatic carbocycles. The lowest BCUT2D eigenvalue weighted by atomic mass is 10.1. The van der Waals surface area contributed by atoms with Crippen molar-refractivity contribution in [2.45, 2.75) is 354 Å². The molecular weight excluding hydrogens is 1430 g/mol. The van der Waals surface area contributed by atoms with Gasteiger partial charge in [-0.25, -0.2) is 9.13 Å². The standard InChI is InChI=1S/C91H152O17P2/c1-5-9-13-17-21-25-29-33-37-40-42-45-49-52-56-60-64-68-72-76-89(94)102-82-87(108-91(96)78-74-70-66-62-58-54-50-46-43-41-38-34-30-26-22-18-14-10-6-2)84-106-110(99,100)104-80-85(92)79-103-109(97,98)105-83-86(107-90(95)77-73-69-65-61-57-53-47-36-32-28-24-20-16-12-8-4)81-101-88(93)75-71-67-63-59-55-51-48-44-39-35-31-27-23-19-15-11-7-3/h9-11,13-15,21-23,25-27,33-39,42-43,45-48,51,85-87,92H,5-8,12,16-20,24,28-32,40-41,44,49-50,52-84H2,1-4H3,(H,97,98)(H,99,100)/b13-9-,14-10-,15-11-,25-21-,26-22-,27-23-,37-33-,38-34-,39-35-,45-42-,46-43-,47-36-,51-48-. The Balaban J connectivity index is 5.44. The van der Waals surface area contributed by atoms with E-state index in [9.17, 15) is 43.2 Å². The Labute approximate surface area is 668 Å². The highest BCUT2D eigenvalue weighted by molar-refractivity contribution is 7.47. The zero-order valence-corrected chi connectivity index (χ0v) is 70.7. The molecule has 110 heavy (non-hydrogen) atoms. The molecule has 0 radical (unpaired) electrons. The third-order valence-electron chi connectivity index (χ3n) is 17.5. The van der Waals surface area contributed by atoms with Gasteiger partial charge in [-0.3, -0.25) is 37.3 Å². The Morgan fingerprint density at radius 1 is 0.264 bits per heavy atom. The first-order valence-corrected chi connectivity index (χ1v) is 45.7. The van der Waals surface area contributed by atoms with E-state index in [1.165, 1.54) is 38.5 Å². The smallest absolute Gasteiger partial charge is 0.462 e. The third kappa shape index (κ3) is 80.7. The van der Waals surface area contributed by atoms with Gasteiger partial charge >= 0.3 is 39.5 Å². The van der Waals surface area contributed by atoms with Crippen molar-refractivity contribution in [3.63, 3.8) is 0 Å². The molecule has 19 heteroatoms. The molecule has 0 saturated carbocycles. The topological polar surface area (TPSA) is 237 Å². The number of aliphatic hydroxyl groups is 1. The second kappa shape index (κ2) is 81.7. The molecule has 5 atom stereocenters. The SMILES string of the molecule is CC/C=C\C/C=C\C/C=C\C/C=C\CCCCCCCCC(=O)OCC(COP(=O)(O)OCC(O)COP(=O)(O)OCC(COC(=O)CCCCCC/C=C\C/C=C\C/C=C\C/C=C\CC)OC(=O)CCCCCCC/C=C\CCCCCCCC)OC(=O)CCCCCCCC/C=C\C/C=C\C/C=C\C/C=C\CC. The number of hydrogen-bond acceptors (Lipinski definition) is 15. The first-order valence-electron chi connectivity index (χ1n) is 42.7. The fourth-order valence-corrected chi connectivity index (χ4v) is 12.7. The largest absolute Gasteiger partial charge is 0.472 e. The van der Waals surface area contributed by atoms with Crippen molar-refractivity contribution in [1.82, 2.24) is 0 Å². The third-order valence-corrected chi connectivity index (χ3v) is 19.4. The molecule has 0 rings (SSSR count). The van der Waals surface area contributed by atoms with Crippen LogP contribution in [0, 0.1) is 0 Å². The van der Waals surface area contributed by atoms with E-state index in [4.69, 9.17) is 37.0 Å². The van der Waals surface area contributed by atoms with Gasteiger partial charge in [0.1, 0.15) is 19.3 Å². The van der Waals surface area contributed by atoms with Crippen LogP contribution in [0.5, 0.6) is 0 Å². The highest BCUT2D eigenvalue weighted by Gasteiger charge is 2.30. The van der Waals surface area contributed by atoms with Crippen LogP contribution in [0.3, 0.4) is 0 Å². The van der Waals surface area contributed by atoms with E-state index < -0.39 is 97.5 Å². The summed E-state index contributed by atoms with van der Waals surface area (Å²) in [5.41, 5.74) is 0. The lowest BCUT2D eigenvalue weighted by Gasteiger charge is -2.21. The van der Waals surface area contributed by atoms with Crippen LogP contribution >= 0.6 is 15.6 Å². The van der Waals surface area contributed by atoms with Gasteiger partial charge in [0.2, 0.25) is 0 Å². The first kappa shape index (κ1) is 105. The molecule has 0 spiro atoms. The Bertz CT molecular complexity index is 2700. The molecule has 0 amide bonds. The molecule has 0 bridgehead atoms. The zero-order valence-electron chi connectivity index (χ0n) is 68.9. The molecule has 0 fully saturated rings. The van der Waals surface area contributed by atoms with Crippen LogP contribution in [0.1, 0.15) is 336 Å². The van der Waals surface area contributed by atoms with Crippen LogP contribution in [0.4, 0.5) is 0 Å². The highest BCUT2D eigenvalue weighted by atomic mass is 31.2. The molecule has 0 aromatic rings. The fraction of sp³-hybridized carbons (Fsp3) is 0.670. The lowest BCUT2D eigenvalue weighted by molar-refractivity contribution is -0.161. The van der Waals surface area contributed by atoms with E-state index in [1.807, 2.05) is 0 Å². The van der Waals surface area contributed by atoms with Crippen LogP contribution in [0.2, 0.25) is 0 Å². The van der Waals surface area contributed by atoms with E-state index >= 15 is 0 Å². The van der Waals surface area contributed by atoms with Crippen molar-refractivity contribution in [3.8, 4) is 0 Å². The van der Waals surface area contributed by atoms with E-state index in [-0.39, 0.29) is 25.7 Å². The van der Waals surface area contributed by atoms with Gasteiger partial charge in [-0.05, 0) is 167 Å². The van der Waals surface area contributed by atoms with Gasteiger partial charge in [0.25, 0.3) is 0 Å². The molecule has 5 unspecified atom stereocenters. The van der Waals surface area contributed by atoms with Crippen LogP contribution in [0.25, 0.3) is 0 Å². The van der Waals surface area contributed by atoms with E-state index in [0.717, 1.165) is 218 Å². The maximum absolute atomic E-state index is 13.2. The van der Waals surface area contributed by atoms with Crippen molar-refractivity contribution < 1.29 is 80.2 Å². The molecule has 628 valence electrons. The molecule has 0 aromatic carbocycles. The molecule has 0 aromatic heterocycles. The molecule has 0 aliphatic rings. The van der Waals surface area contributed by atoms with Crippen molar-refractivity contribution >= 4 is 39.5 Å². The summed E-state index contributed by atoms with van der Waals surface area (Å²) in [4.78, 5) is 73.3. The van der Waals surface area contributed by atoms with E-state index in [2.05, 4.69) is 186 Å². The Morgan fingerprint density at radius 2 is 0.473 bits per heavy atom. The predicted octanol–water partition coefficient (Wildman–Crippen LogP) is 25.6. The number of ether oxygens (including phenoxy) is 4. The van der Waals surface area contributed by atoms with Gasteiger partial charge in [0.05, 0.1) is 26.4 Å². The van der Waals surface area contributed by atoms with E-state index in [0.29, 0.717) is 25.7 Å². The van der Waals surface area contributed by atoms with Crippen LogP contribution < -0.4 is 0 Å².